The van der Waals surface area contributed by atoms with Crippen molar-refractivity contribution < 1.29 is 0 Å². The van der Waals surface area contributed by atoms with Crippen LogP contribution in [0.25, 0.3) is 0 Å². The van der Waals surface area contributed by atoms with Crippen molar-refractivity contribution in [2.75, 3.05) is 0 Å². The maximum absolute atomic E-state index is 9.21. The predicted octanol–water partition coefficient (Wildman–Crippen LogP) is 3.70. The van der Waals surface area contributed by atoms with Crippen LogP contribution in [0.15, 0.2) is 91.0 Å². The molecule has 0 aliphatic heterocycles. The quantitative estimate of drug-likeness (QED) is 0.674. The third-order valence-electron chi connectivity index (χ3n) is 3.95. The van der Waals surface area contributed by atoms with E-state index in [4.69, 9.17) is 0 Å². The van der Waals surface area contributed by atoms with Crippen LogP contribution in [-0.4, -0.2) is 5.80 Å². The molecule has 1 nitrogen and oxygen atoms in total. The zero-order valence-electron chi connectivity index (χ0n) is 12.8. The second-order valence-electron chi connectivity index (χ2n) is 5.27. The van der Waals surface area contributed by atoms with Gasteiger partial charge in [-0.2, -0.15) is 5.26 Å². The Bertz CT molecular complexity index is 743. The average Bonchev–Trinajstić information content (AvgIpc) is 2.65. The van der Waals surface area contributed by atoms with E-state index in [0.29, 0.717) is 6.42 Å². The lowest BCUT2D eigenvalue weighted by atomic mass is 10.4. The van der Waals surface area contributed by atoms with Gasteiger partial charge < -0.3 is 0 Å². The summed E-state index contributed by atoms with van der Waals surface area (Å²) >= 11 is 0. The minimum absolute atomic E-state index is 0.437. The number of hydrogen-bond acceptors (Lipinski definition) is 1. The van der Waals surface area contributed by atoms with Gasteiger partial charge in [0.2, 0.25) is 0 Å². The number of benzene rings is 3. The van der Waals surface area contributed by atoms with Gasteiger partial charge in [0.05, 0.1) is 12.5 Å². The van der Waals surface area contributed by atoms with Crippen LogP contribution in [0.3, 0.4) is 0 Å². The summed E-state index contributed by atoms with van der Waals surface area (Å²) < 4.78 is 0. The highest BCUT2D eigenvalue weighted by Crippen LogP contribution is 2.43. The van der Waals surface area contributed by atoms with E-state index in [0.717, 1.165) is 0 Å². The molecule has 0 spiro atoms. The predicted molar refractivity (Wildman–Crippen MR) is 101 cm³/mol. The van der Waals surface area contributed by atoms with Gasteiger partial charge in [0.15, 0.2) is 0 Å². The number of nitriles is 1. The van der Waals surface area contributed by atoms with Gasteiger partial charge in [-0.25, -0.2) is 0 Å². The topological polar surface area (TPSA) is 23.8 Å². The highest BCUT2D eigenvalue weighted by atomic mass is 31.2. The number of hydrogen-bond donors (Lipinski definition) is 0. The van der Waals surface area contributed by atoms with E-state index >= 15 is 0 Å². The largest absolute Gasteiger partial charge is 0.198 e. The summed E-state index contributed by atoms with van der Waals surface area (Å²) in [6, 6.07) is 34.0. The van der Waals surface area contributed by atoms with Crippen molar-refractivity contribution in [2.24, 2.45) is 0 Å². The molecule has 0 saturated carbocycles. The van der Waals surface area contributed by atoms with E-state index in [1.807, 2.05) is 18.2 Å². The number of nitrogens with zero attached hydrogens (tertiary/aromatic N) is 1. The lowest BCUT2D eigenvalue weighted by Gasteiger charge is -2.28. The Labute approximate surface area is 137 Å². The SMILES string of the molecule is N#CCC=P(c1ccccc1)(c1ccccc1)c1ccccc1. The Morgan fingerprint density at radius 3 is 1.30 bits per heavy atom. The van der Waals surface area contributed by atoms with Crippen LogP contribution < -0.4 is 15.9 Å². The molecule has 0 aliphatic rings. The second kappa shape index (κ2) is 7.14. The van der Waals surface area contributed by atoms with Gasteiger partial charge in [-0.3, -0.25) is 0 Å². The van der Waals surface area contributed by atoms with Crippen LogP contribution in [0, 0.1) is 11.3 Å². The highest BCUT2D eigenvalue weighted by Gasteiger charge is 2.24. The first kappa shape index (κ1) is 15.3. The van der Waals surface area contributed by atoms with E-state index in [9.17, 15) is 5.26 Å². The van der Waals surface area contributed by atoms with Crippen LogP contribution in [-0.2, 0) is 0 Å². The summed E-state index contributed by atoms with van der Waals surface area (Å²) in [6.45, 7) is -1.92. The first-order valence-corrected chi connectivity index (χ1v) is 9.50. The van der Waals surface area contributed by atoms with Gasteiger partial charge >= 0.3 is 0 Å². The van der Waals surface area contributed by atoms with Crippen LogP contribution in [0.4, 0.5) is 0 Å². The first-order valence-electron chi connectivity index (χ1n) is 7.65. The first-order chi connectivity index (χ1) is 11.4. The molecule has 2 heteroatoms. The minimum Gasteiger partial charge on any atom is -0.198 e. The lowest BCUT2D eigenvalue weighted by molar-refractivity contribution is 1.44. The molecule has 0 saturated heterocycles. The van der Waals surface area contributed by atoms with E-state index in [-0.39, 0.29) is 0 Å². The zero-order valence-corrected chi connectivity index (χ0v) is 13.7. The fourth-order valence-corrected chi connectivity index (χ4v) is 6.74. The van der Waals surface area contributed by atoms with Crippen molar-refractivity contribution in [1.29, 1.82) is 5.26 Å². The summed E-state index contributed by atoms with van der Waals surface area (Å²) in [6.07, 6.45) is 0.437. The maximum atomic E-state index is 9.21. The molecule has 0 aliphatic carbocycles. The summed E-state index contributed by atoms with van der Waals surface area (Å²) in [4.78, 5) is 0. The van der Waals surface area contributed by atoms with E-state index in [2.05, 4.69) is 84.7 Å². The smallest absolute Gasteiger partial charge is 0.0664 e. The molecule has 0 heterocycles. The van der Waals surface area contributed by atoms with Crippen LogP contribution in [0.2, 0.25) is 0 Å². The standard InChI is InChI=1S/C21H18NP/c22-17-10-18-23(19-11-4-1-5-12-19,20-13-6-2-7-14-20)21-15-8-3-9-16-21/h1-9,11-16,18H,10H2. The van der Waals surface area contributed by atoms with Gasteiger partial charge in [-0.05, 0) is 22.8 Å². The normalized spacial score (nSPS) is 10.7. The summed E-state index contributed by atoms with van der Waals surface area (Å²) in [5.74, 6) is 2.23. The fourth-order valence-electron chi connectivity index (χ4n) is 2.93. The molecule has 3 aromatic carbocycles. The molecule has 23 heavy (non-hydrogen) atoms. The van der Waals surface area contributed by atoms with Crippen molar-refractivity contribution in [2.45, 2.75) is 6.42 Å². The van der Waals surface area contributed by atoms with Gasteiger partial charge in [-0.1, -0.05) is 96.8 Å². The summed E-state index contributed by atoms with van der Waals surface area (Å²) in [5, 5.41) is 13.1. The summed E-state index contributed by atoms with van der Waals surface area (Å²) in [5.41, 5.74) is 0. The highest BCUT2D eigenvalue weighted by molar-refractivity contribution is 7.94. The molecule has 0 N–H and O–H groups in total. The Morgan fingerprint density at radius 1 is 0.652 bits per heavy atom. The maximum Gasteiger partial charge on any atom is 0.0664 e. The molecular weight excluding hydrogens is 297 g/mol. The fraction of sp³-hybridized carbons (Fsp3) is 0.0476. The van der Waals surface area contributed by atoms with Crippen molar-refractivity contribution in [3.63, 3.8) is 0 Å². The van der Waals surface area contributed by atoms with E-state index in [1.54, 1.807) is 0 Å². The van der Waals surface area contributed by atoms with Gasteiger partial charge in [-0.15, -0.1) is 0 Å². The molecular formula is C21H18NP. The van der Waals surface area contributed by atoms with Crippen LogP contribution in [0.5, 0.6) is 0 Å². The Hall–Kier alpha value is -2.55. The molecule has 0 atom stereocenters. The second-order valence-corrected chi connectivity index (χ2v) is 8.63. The molecule has 3 aromatic rings. The molecule has 0 radical (unpaired) electrons. The lowest BCUT2D eigenvalue weighted by Crippen LogP contribution is -2.26. The van der Waals surface area contributed by atoms with Gasteiger partial charge in [0.1, 0.15) is 0 Å². The molecule has 0 fully saturated rings. The van der Waals surface area contributed by atoms with Gasteiger partial charge in [0, 0.05) is 0 Å². The third kappa shape index (κ3) is 3.00. The third-order valence-corrected chi connectivity index (χ3v) is 8.02. The van der Waals surface area contributed by atoms with Crippen molar-refractivity contribution in [3.8, 4) is 6.07 Å². The molecule has 3 rings (SSSR count). The zero-order chi connectivity index (χ0) is 16.0. The molecule has 0 amide bonds. The monoisotopic (exact) mass is 315 g/mol. The molecule has 112 valence electrons. The molecule has 0 bridgehead atoms. The van der Waals surface area contributed by atoms with E-state index < -0.39 is 6.89 Å². The van der Waals surface area contributed by atoms with Crippen molar-refractivity contribution in [1.82, 2.24) is 0 Å². The number of rotatable bonds is 4. The van der Waals surface area contributed by atoms with Crippen LogP contribution in [0.1, 0.15) is 6.42 Å². The van der Waals surface area contributed by atoms with Crippen molar-refractivity contribution in [3.05, 3.63) is 91.0 Å². The average molecular weight is 315 g/mol. The van der Waals surface area contributed by atoms with Gasteiger partial charge in [0.25, 0.3) is 0 Å². The van der Waals surface area contributed by atoms with E-state index in [1.165, 1.54) is 15.9 Å². The van der Waals surface area contributed by atoms with Crippen LogP contribution >= 0.6 is 6.89 Å². The summed E-state index contributed by atoms with van der Waals surface area (Å²) in [7, 11) is 0. The Morgan fingerprint density at radius 2 is 1.00 bits per heavy atom. The molecule has 0 unspecified atom stereocenters. The van der Waals surface area contributed by atoms with Crippen molar-refractivity contribution >= 4 is 28.6 Å². The minimum atomic E-state index is -1.92. The molecule has 0 aromatic heterocycles. The Kier molecular flexibility index (Phi) is 4.77. The Balaban J connectivity index is 2.39.